The molecule has 0 unspecified atom stereocenters. The molecule has 0 atom stereocenters. The highest BCUT2D eigenvalue weighted by molar-refractivity contribution is 9.10. The molecule has 1 heterocycles. The van der Waals surface area contributed by atoms with Gasteiger partial charge in [-0.05, 0) is 34.1 Å². The minimum Gasteiger partial charge on any atom is -0.497 e. The van der Waals surface area contributed by atoms with Crippen LogP contribution in [0.5, 0.6) is 5.75 Å². The summed E-state index contributed by atoms with van der Waals surface area (Å²) >= 11 is 3.36. The number of rotatable bonds is 3. The van der Waals surface area contributed by atoms with E-state index in [-0.39, 0.29) is 5.91 Å². The molecule has 4 N–H and O–H groups in total. The number of benzene rings is 1. The minimum absolute atomic E-state index is 0.263. The maximum atomic E-state index is 11.9. The van der Waals surface area contributed by atoms with Crippen molar-refractivity contribution in [2.24, 2.45) is 0 Å². The first-order chi connectivity index (χ1) is 8.60. The molecule has 0 saturated heterocycles. The van der Waals surface area contributed by atoms with Gasteiger partial charge in [-0.2, -0.15) is 0 Å². The number of hydrogen-bond acceptors (Lipinski definition) is 3. The van der Waals surface area contributed by atoms with Crippen LogP contribution in [0.2, 0.25) is 0 Å². The smallest absolute Gasteiger partial charge is 0.272 e. The summed E-state index contributed by atoms with van der Waals surface area (Å²) in [5.74, 6) is 0.403. The Hall–Kier alpha value is -1.95. The summed E-state index contributed by atoms with van der Waals surface area (Å²) in [6.45, 7) is 0. The van der Waals surface area contributed by atoms with Crippen molar-refractivity contribution in [3.63, 3.8) is 0 Å². The zero-order valence-corrected chi connectivity index (χ0v) is 11.2. The van der Waals surface area contributed by atoms with Crippen molar-refractivity contribution in [2.75, 3.05) is 18.2 Å². The number of anilines is 2. The second kappa shape index (κ2) is 5.14. The van der Waals surface area contributed by atoms with E-state index in [9.17, 15) is 4.79 Å². The maximum Gasteiger partial charge on any atom is 0.272 e. The Morgan fingerprint density at radius 1 is 1.44 bits per heavy atom. The number of H-pyrrole nitrogens is 1. The molecule has 1 amide bonds. The monoisotopic (exact) mass is 309 g/mol. The molecule has 0 saturated carbocycles. The summed E-state index contributed by atoms with van der Waals surface area (Å²) in [5.41, 5.74) is 7.10. The molecule has 0 bridgehead atoms. The summed E-state index contributed by atoms with van der Waals surface area (Å²) in [6, 6.07) is 6.90. The van der Waals surface area contributed by atoms with Crippen molar-refractivity contribution >= 4 is 33.2 Å². The molecule has 1 aromatic heterocycles. The van der Waals surface area contributed by atoms with Crippen LogP contribution in [0, 0.1) is 0 Å². The summed E-state index contributed by atoms with van der Waals surface area (Å²) in [5, 5.41) is 2.76. The Balaban J connectivity index is 2.21. The number of nitrogens with one attached hydrogen (secondary N) is 2. The summed E-state index contributed by atoms with van der Waals surface area (Å²) in [7, 11) is 1.57. The van der Waals surface area contributed by atoms with Crippen LogP contribution in [0.4, 0.5) is 11.4 Å². The fraction of sp³-hybridized carbons (Fsp3) is 0.0833. The number of nitrogens with two attached hydrogens (primary N) is 1. The van der Waals surface area contributed by atoms with E-state index in [1.165, 1.54) is 0 Å². The molecular formula is C12H12BrN3O2. The molecule has 0 fully saturated rings. The Kier molecular flexibility index (Phi) is 3.57. The van der Waals surface area contributed by atoms with E-state index in [4.69, 9.17) is 10.5 Å². The number of amides is 1. The van der Waals surface area contributed by atoms with Gasteiger partial charge >= 0.3 is 0 Å². The molecule has 2 rings (SSSR count). The van der Waals surface area contributed by atoms with Crippen LogP contribution in [0.25, 0.3) is 0 Å². The third-order valence-electron chi connectivity index (χ3n) is 2.37. The Labute approximate surface area is 112 Å². The van der Waals surface area contributed by atoms with Gasteiger partial charge in [0.05, 0.1) is 12.8 Å². The maximum absolute atomic E-state index is 11.9. The van der Waals surface area contributed by atoms with Gasteiger partial charge in [0.1, 0.15) is 11.4 Å². The number of ether oxygens (including phenoxy) is 1. The molecule has 94 valence electrons. The van der Waals surface area contributed by atoms with Crippen LogP contribution >= 0.6 is 15.9 Å². The van der Waals surface area contributed by atoms with E-state index >= 15 is 0 Å². The molecule has 0 spiro atoms. The molecule has 0 aliphatic carbocycles. The number of carbonyl (C=O) groups excluding carboxylic acids is 1. The van der Waals surface area contributed by atoms with E-state index in [2.05, 4.69) is 26.2 Å². The quantitative estimate of drug-likeness (QED) is 0.815. The Bertz CT molecular complexity index is 580. The van der Waals surface area contributed by atoms with Gasteiger partial charge < -0.3 is 20.8 Å². The lowest BCUT2D eigenvalue weighted by molar-refractivity contribution is 0.102. The lowest BCUT2D eigenvalue weighted by Gasteiger charge is -2.08. The topological polar surface area (TPSA) is 80.1 Å². The van der Waals surface area contributed by atoms with Gasteiger partial charge in [-0.15, -0.1) is 0 Å². The number of hydrogen-bond donors (Lipinski definition) is 3. The van der Waals surface area contributed by atoms with E-state index < -0.39 is 0 Å². The third kappa shape index (κ3) is 2.65. The molecule has 1 aromatic carbocycles. The van der Waals surface area contributed by atoms with Crippen LogP contribution < -0.4 is 15.8 Å². The SMILES string of the molecule is COc1ccc(Br)c(NC(=O)c2cc(N)c[nH]2)c1. The fourth-order valence-corrected chi connectivity index (χ4v) is 1.80. The highest BCUT2D eigenvalue weighted by atomic mass is 79.9. The predicted octanol–water partition coefficient (Wildman–Crippen LogP) is 2.62. The Morgan fingerprint density at radius 2 is 2.22 bits per heavy atom. The van der Waals surface area contributed by atoms with Gasteiger partial charge in [-0.3, -0.25) is 4.79 Å². The first kappa shape index (κ1) is 12.5. The lowest BCUT2D eigenvalue weighted by Crippen LogP contribution is -2.12. The highest BCUT2D eigenvalue weighted by Crippen LogP contribution is 2.27. The summed E-state index contributed by atoms with van der Waals surface area (Å²) in [6.07, 6.45) is 1.57. The lowest BCUT2D eigenvalue weighted by atomic mass is 10.3. The number of carbonyl (C=O) groups is 1. The molecule has 6 heteroatoms. The van der Waals surface area contributed by atoms with Gasteiger partial charge in [0.2, 0.25) is 0 Å². The number of aromatic amines is 1. The molecule has 0 aliphatic rings. The average Bonchev–Trinajstić information content (AvgIpc) is 2.79. The van der Waals surface area contributed by atoms with Crippen LogP contribution in [0.15, 0.2) is 34.9 Å². The highest BCUT2D eigenvalue weighted by Gasteiger charge is 2.10. The summed E-state index contributed by atoms with van der Waals surface area (Å²) in [4.78, 5) is 14.7. The standard InChI is InChI=1S/C12H12BrN3O2/c1-18-8-2-3-9(13)10(5-8)16-12(17)11-4-7(14)6-15-11/h2-6,15H,14H2,1H3,(H,16,17). The molecule has 18 heavy (non-hydrogen) atoms. The van der Waals surface area contributed by atoms with E-state index in [0.717, 1.165) is 4.47 Å². The van der Waals surface area contributed by atoms with Crippen molar-refractivity contribution in [1.29, 1.82) is 0 Å². The van der Waals surface area contributed by atoms with Crippen molar-refractivity contribution in [2.45, 2.75) is 0 Å². The first-order valence-corrected chi connectivity index (χ1v) is 5.98. The predicted molar refractivity (Wildman–Crippen MR) is 73.9 cm³/mol. The average molecular weight is 310 g/mol. The fourth-order valence-electron chi connectivity index (χ4n) is 1.46. The van der Waals surface area contributed by atoms with Gasteiger partial charge in [0.15, 0.2) is 0 Å². The number of aromatic nitrogens is 1. The van der Waals surface area contributed by atoms with Crippen LogP contribution in [0.1, 0.15) is 10.5 Å². The van der Waals surface area contributed by atoms with Crippen LogP contribution in [0.3, 0.4) is 0 Å². The Morgan fingerprint density at radius 3 is 2.83 bits per heavy atom. The number of halogens is 1. The zero-order valence-electron chi connectivity index (χ0n) is 9.66. The molecule has 5 nitrogen and oxygen atoms in total. The van der Waals surface area contributed by atoms with Gasteiger partial charge in [0.25, 0.3) is 5.91 Å². The molecule has 0 radical (unpaired) electrons. The van der Waals surface area contributed by atoms with Gasteiger partial charge in [0, 0.05) is 22.4 Å². The zero-order chi connectivity index (χ0) is 13.1. The van der Waals surface area contributed by atoms with Gasteiger partial charge in [-0.25, -0.2) is 0 Å². The summed E-state index contributed by atoms with van der Waals surface area (Å²) < 4.78 is 5.88. The number of methoxy groups -OCH3 is 1. The van der Waals surface area contributed by atoms with E-state index in [0.29, 0.717) is 22.8 Å². The number of nitrogen functional groups attached to an aromatic ring is 1. The van der Waals surface area contributed by atoms with Gasteiger partial charge in [-0.1, -0.05) is 0 Å². The second-order valence-corrected chi connectivity index (χ2v) is 4.50. The van der Waals surface area contributed by atoms with E-state index in [1.807, 2.05) is 0 Å². The van der Waals surface area contributed by atoms with Crippen molar-refractivity contribution in [1.82, 2.24) is 4.98 Å². The second-order valence-electron chi connectivity index (χ2n) is 3.65. The van der Waals surface area contributed by atoms with Crippen LogP contribution in [-0.2, 0) is 0 Å². The molecule has 2 aromatic rings. The van der Waals surface area contributed by atoms with Crippen molar-refractivity contribution in [3.05, 3.63) is 40.6 Å². The largest absolute Gasteiger partial charge is 0.497 e. The van der Waals surface area contributed by atoms with Crippen LogP contribution in [-0.4, -0.2) is 18.0 Å². The molecular weight excluding hydrogens is 298 g/mol. The first-order valence-electron chi connectivity index (χ1n) is 5.19. The minimum atomic E-state index is -0.263. The normalized spacial score (nSPS) is 10.1. The van der Waals surface area contributed by atoms with Crippen molar-refractivity contribution < 1.29 is 9.53 Å². The van der Waals surface area contributed by atoms with E-state index in [1.54, 1.807) is 37.6 Å². The third-order valence-corrected chi connectivity index (χ3v) is 3.06. The van der Waals surface area contributed by atoms with Crippen molar-refractivity contribution in [3.8, 4) is 5.75 Å². The molecule has 0 aliphatic heterocycles.